The Balaban J connectivity index is 1.72. The number of carboxylic acids is 1. The molecule has 0 aromatic carbocycles. The van der Waals surface area contributed by atoms with E-state index < -0.39 is 18.0 Å². The quantitative estimate of drug-likeness (QED) is 0.593. The summed E-state index contributed by atoms with van der Waals surface area (Å²) in [5, 5.41) is 22.6. The Morgan fingerprint density at radius 2 is 2.26 bits per heavy atom. The van der Waals surface area contributed by atoms with Crippen LogP contribution in [0.5, 0.6) is 0 Å². The van der Waals surface area contributed by atoms with Crippen molar-refractivity contribution in [3.8, 4) is 0 Å². The number of β-lactam (4-membered cyclic amide) rings is 1. The minimum atomic E-state index is -1.04. The van der Waals surface area contributed by atoms with Gasteiger partial charge in [0.05, 0.1) is 24.7 Å². The van der Waals surface area contributed by atoms with Crippen LogP contribution in [0.1, 0.15) is 26.2 Å². The van der Waals surface area contributed by atoms with E-state index in [0.29, 0.717) is 31.4 Å². The largest absolute Gasteiger partial charge is 0.477 e. The highest BCUT2D eigenvalue weighted by Crippen LogP contribution is 2.45. The van der Waals surface area contributed by atoms with Gasteiger partial charge in [0.2, 0.25) is 5.91 Å². The minimum absolute atomic E-state index is 0.145. The summed E-state index contributed by atoms with van der Waals surface area (Å²) >= 11 is 0. The second-order valence-corrected chi connectivity index (χ2v) is 6.87. The van der Waals surface area contributed by atoms with E-state index >= 15 is 0 Å². The second-order valence-electron chi connectivity index (χ2n) is 6.87. The maximum absolute atomic E-state index is 12.2. The van der Waals surface area contributed by atoms with Crippen LogP contribution in [0.2, 0.25) is 0 Å². The average Bonchev–Trinajstić information content (AvgIpc) is 3.02. The van der Waals surface area contributed by atoms with Crippen molar-refractivity contribution in [2.24, 2.45) is 11.8 Å². The number of aliphatic carboxylic acids is 1. The van der Waals surface area contributed by atoms with Gasteiger partial charge in [0.1, 0.15) is 5.70 Å². The summed E-state index contributed by atoms with van der Waals surface area (Å²) in [5.74, 6) is -1.42. The van der Waals surface area contributed by atoms with E-state index in [0.717, 1.165) is 18.5 Å². The van der Waals surface area contributed by atoms with Gasteiger partial charge in [0.25, 0.3) is 0 Å². The Labute approximate surface area is 135 Å². The van der Waals surface area contributed by atoms with Crippen LogP contribution in [0, 0.1) is 11.8 Å². The molecule has 23 heavy (non-hydrogen) atoms. The fourth-order valence-electron chi connectivity index (χ4n) is 4.28. The Morgan fingerprint density at radius 1 is 1.52 bits per heavy atom. The number of rotatable bonds is 6. The molecular weight excluding hydrogens is 300 g/mol. The number of nitrogens with one attached hydrogen (secondary N) is 1. The number of amides is 1. The van der Waals surface area contributed by atoms with Gasteiger partial charge in [0.15, 0.2) is 0 Å². The standard InChI is InChI=1S/C16H24N2O5/c1-8(19)13-12-5-10(14(16(21)22)18(12)15(13)20)3-9-4-11(7-23-2)17-6-9/h8-9,11-13,17,19H,3-7H2,1-2H3,(H,21,22)/t8-,9+,11+,12-,13-/m1/s1. The molecule has 3 aliphatic rings. The first-order valence-electron chi connectivity index (χ1n) is 8.12. The number of ether oxygens (including phenoxy) is 1. The number of carbonyl (C=O) groups excluding carboxylic acids is 1. The van der Waals surface area contributed by atoms with Crippen molar-refractivity contribution in [3.63, 3.8) is 0 Å². The first-order valence-corrected chi connectivity index (χ1v) is 8.12. The Bertz CT molecular complexity index is 545. The molecule has 0 spiro atoms. The van der Waals surface area contributed by atoms with Crippen molar-refractivity contribution in [1.82, 2.24) is 10.2 Å². The molecule has 0 saturated carbocycles. The van der Waals surface area contributed by atoms with E-state index in [-0.39, 0.29) is 17.6 Å². The zero-order valence-electron chi connectivity index (χ0n) is 13.5. The second kappa shape index (κ2) is 6.22. The molecule has 0 bridgehead atoms. The molecule has 2 saturated heterocycles. The highest BCUT2D eigenvalue weighted by Gasteiger charge is 2.56. The first kappa shape index (κ1) is 16.4. The molecule has 3 rings (SSSR count). The topological polar surface area (TPSA) is 99.1 Å². The third-order valence-corrected chi connectivity index (χ3v) is 5.24. The summed E-state index contributed by atoms with van der Waals surface area (Å²) in [6, 6.07) is 0.122. The molecule has 128 valence electrons. The Hall–Kier alpha value is -1.44. The lowest BCUT2D eigenvalue weighted by molar-refractivity contribution is -0.161. The van der Waals surface area contributed by atoms with E-state index in [9.17, 15) is 19.8 Å². The average molecular weight is 324 g/mol. The molecule has 0 radical (unpaired) electrons. The van der Waals surface area contributed by atoms with E-state index in [2.05, 4.69) is 5.32 Å². The van der Waals surface area contributed by atoms with Gasteiger partial charge >= 0.3 is 5.97 Å². The lowest BCUT2D eigenvalue weighted by atomic mass is 9.82. The van der Waals surface area contributed by atoms with Gasteiger partial charge < -0.3 is 25.2 Å². The maximum atomic E-state index is 12.2. The van der Waals surface area contributed by atoms with Gasteiger partial charge in [-0.25, -0.2) is 4.79 Å². The van der Waals surface area contributed by atoms with Crippen LogP contribution in [0.25, 0.3) is 0 Å². The predicted octanol–water partition coefficient (Wildman–Crippen LogP) is -0.0488. The molecule has 0 aromatic rings. The van der Waals surface area contributed by atoms with Gasteiger partial charge in [-0.1, -0.05) is 0 Å². The van der Waals surface area contributed by atoms with Crippen molar-refractivity contribution in [2.75, 3.05) is 20.3 Å². The fourth-order valence-corrected chi connectivity index (χ4v) is 4.28. The van der Waals surface area contributed by atoms with Crippen LogP contribution in [-0.4, -0.2) is 65.4 Å². The number of fused-ring (bicyclic) bond motifs is 1. The van der Waals surface area contributed by atoms with Crippen LogP contribution in [0.3, 0.4) is 0 Å². The summed E-state index contributed by atoms with van der Waals surface area (Å²) in [5.41, 5.74) is 0.982. The van der Waals surface area contributed by atoms with Crippen LogP contribution in [0.4, 0.5) is 0 Å². The van der Waals surface area contributed by atoms with E-state index in [1.807, 2.05) is 0 Å². The third-order valence-electron chi connectivity index (χ3n) is 5.24. The molecule has 3 heterocycles. The number of nitrogens with zero attached hydrogens (tertiary/aromatic N) is 1. The highest BCUT2D eigenvalue weighted by molar-refractivity contribution is 5.99. The van der Waals surface area contributed by atoms with E-state index in [4.69, 9.17) is 4.74 Å². The molecule has 0 aromatic heterocycles. The number of hydrogen-bond donors (Lipinski definition) is 3. The number of carboxylic acid groups (broad SMARTS) is 1. The smallest absolute Gasteiger partial charge is 0.352 e. The first-order chi connectivity index (χ1) is 10.9. The Kier molecular flexibility index (Phi) is 4.44. The summed E-state index contributed by atoms with van der Waals surface area (Å²) in [4.78, 5) is 25.2. The van der Waals surface area contributed by atoms with Crippen molar-refractivity contribution < 1.29 is 24.5 Å². The van der Waals surface area contributed by atoms with Crippen LogP contribution in [-0.2, 0) is 14.3 Å². The minimum Gasteiger partial charge on any atom is -0.477 e. The molecule has 7 nitrogen and oxygen atoms in total. The third kappa shape index (κ3) is 2.77. The zero-order valence-corrected chi connectivity index (χ0v) is 13.5. The summed E-state index contributed by atoms with van der Waals surface area (Å²) in [6.45, 7) is 3.08. The van der Waals surface area contributed by atoms with Gasteiger partial charge in [-0.3, -0.25) is 4.79 Å². The van der Waals surface area contributed by atoms with Gasteiger partial charge in [-0.2, -0.15) is 0 Å². The predicted molar refractivity (Wildman–Crippen MR) is 81.5 cm³/mol. The lowest BCUT2D eigenvalue weighted by Crippen LogP contribution is -2.61. The van der Waals surface area contributed by atoms with Crippen LogP contribution < -0.4 is 5.32 Å². The van der Waals surface area contributed by atoms with E-state index in [1.165, 1.54) is 4.90 Å². The van der Waals surface area contributed by atoms with Crippen LogP contribution >= 0.6 is 0 Å². The summed E-state index contributed by atoms with van der Waals surface area (Å²) in [6.07, 6.45) is 1.45. The van der Waals surface area contributed by atoms with Gasteiger partial charge in [-0.05, 0) is 44.2 Å². The van der Waals surface area contributed by atoms with Gasteiger partial charge in [-0.15, -0.1) is 0 Å². The monoisotopic (exact) mass is 324 g/mol. The SMILES string of the molecule is COC[C@@H]1C[C@H](CC2=C(C(=O)O)N3C(=O)[C@H]([C@@H](C)O)[C@H]3C2)CN1. The molecule has 2 fully saturated rings. The number of methoxy groups -OCH3 is 1. The van der Waals surface area contributed by atoms with Crippen molar-refractivity contribution in [3.05, 3.63) is 11.3 Å². The number of carbonyl (C=O) groups is 2. The van der Waals surface area contributed by atoms with Gasteiger partial charge in [0, 0.05) is 13.2 Å². The molecule has 3 aliphatic heterocycles. The Morgan fingerprint density at radius 3 is 2.87 bits per heavy atom. The molecule has 3 N–H and O–H groups in total. The normalized spacial score (nSPS) is 34.6. The molecular formula is C16H24N2O5. The molecule has 0 aliphatic carbocycles. The molecule has 5 atom stereocenters. The summed E-state index contributed by atoms with van der Waals surface area (Å²) in [7, 11) is 1.67. The number of hydrogen-bond acceptors (Lipinski definition) is 5. The zero-order chi connectivity index (χ0) is 16.7. The van der Waals surface area contributed by atoms with E-state index in [1.54, 1.807) is 14.0 Å². The lowest BCUT2D eigenvalue weighted by Gasteiger charge is -2.44. The summed E-state index contributed by atoms with van der Waals surface area (Å²) < 4.78 is 5.15. The molecule has 0 unspecified atom stereocenters. The van der Waals surface area contributed by atoms with Crippen LogP contribution in [0.15, 0.2) is 11.3 Å². The number of aliphatic hydroxyl groups is 1. The highest BCUT2D eigenvalue weighted by atomic mass is 16.5. The fraction of sp³-hybridized carbons (Fsp3) is 0.750. The molecule has 7 heteroatoms. The van der Waals surface area contributed by atoms with Crippen molar-refractivity contribution >= 4 is 11.9 Å². The van der Waals surface area contributed by atoms with Crippen molar-refractivity contribution in [2.45, 2.75) is 44.4 Å². The maximum Gasteiger partial charge on any atom is 0.352 e. The van der Waals surface area contributed by atoms with Crippen molar-refractivity contribution in [1.29, 1.82) is 0 Å². The number of aliphatic hydroxyl groups excluding tert-OH is 1. The molecule has 1 amide bonds.